The van der Waals surface area contributed by atoms with Gasteiger partial charge in [0.05, 0.1) is 13.1 Å². The molecule has 0 aliphatic heterocycles. The molecule has 10 heteroatoms. The Morgan fingerprint density at radius 1 is 1.00 bits per heavy atom. The predicted molar refractivity (Wildman–Crippen MR) is 130 cm³/mol. The number of nitrogens with one attached hydrogen (secondary N) is 2. The van der Waals surface area contributed by atoms with Crippen LogP contribution in [0.25, 0.3) is 0 Å². The summed E-state index contributed by atoms with van der Waals surface area (Å²) in [7, 11) is 0. The molecule has 0 amide bonds. The number of rotatable bonds is 6. The predicted octanol–water partition coefficient (Wildman–Crippen LogP) is 5.74. The van der Waals surface area contributed by atoms with Crippen molar-refractivity contribution in [2.45, 2.75) is 20.0 Å². The first-order valence-corrected chi connectivity index (χ1v) is 10.9. The lowest BCUT2D eigenvalue weighted by molar-refractivity contribution is 0.581. The van der Waals surface area contributed by atoms with Crippen LogP contribution in [0.1, 0.15) is 16.8 Å². The van der Waals surface area contributed by atoms with Gasteiger partial charge in [0.1, 0.15) is 5.82 Å². The zero-order valence-corrected chi connectivity index (χ0v) is 19.3. The Morgan fingerprint density at radius 2 is 1.75 bits per heavy atom. The van der Waals surface area contributed by atoms with Crippen LogP contribution >= 0.6 is 35.4 Å². The number of hydrogen-bond donors (Lipinski definition) is 2. The lowest BCUT2D eigenvalue weighted by atomic mass is 10.2. The minimum absolute atomic E-state index is 0.217. The number of benzene rings is 2. The van der Waals surface area contributed by atoms with Crippen LogP contribution in [0.5, 0.6) is 0 Å². The number of anilines is 2. The van der Waals surface area contributed by atoms with E-state index in [2.05, 4.69) is 20.8 Å². The molecule has 0 unspecified atom stereocenters. The summed E-state index contributed by atoms with van der Waals surface area (Å²) in [6, 6.07) is 15.9. The summed E-state index contributed by atoms with van der Waals surface area (Å²) in [6.45, 7) is 2.71. The minimum Gasteiger partial charge on any atom is -0.316 e. The summed E-state index contributed by atoms with van der Waals surface area (Å²) in [5.74, 6) is 0.770. The lowest BCUT2D eigenvalue weighted by Crippen LogP contribution is -2.20. The van der Waals surface area contributed by atoms with Gasteiger partial charge >= 0.3 is 0 Å². The van der Waals surface area contributed by atoms with Crippen LogP contribution in [0, 0.1) is 12.7 Å². The average molecular weight is 489 g/mol. The van der Waals surface area contributed by atoms with Crippen LogP contribution in [0.3, 0.4) is 0 Å². The molecular weight excluding hydrogens is 470 g/mol. The monoisotopic (exact) mass is 488 g/mol. The van der Waals surface area contributed by atoms with Gasteiger partial charge in [0.2, 0.25) is 0 Å². The van der Waals surface area contributed by atoms with Crippen molar-refractivity contribution in [1.29, 1.82) is 0 Å². The molecule has 2 aromatic heterocycles. The maximum absolute atomic E-state index is 14.1. The van der Waals surface area contributed by atoms with Crippen LogP contribution in [-0.2, 0) is 13.1 Å². The van der Waals surface area contributed by atoms with E-state index in [1.807, 2.05) is 49.5 Å². The Morgan fingerprint density at radius 3 is 2.50 bits per heavy atom. The zero-order valence-electron chi connectivity index (χ0n) is 17.0. The third-order valence-electron chi connectivity index (χ3n) is 4.73. The largest absolute Gasteiger partial charge is 0.316 e. The zero-order chi connectivity index (χ0) is 22.7. The van der Waals surface area contributed by atoms with E-state index in [1.54, 1.807) is 21.5 Å². The standard InChI is InChI=1S/C22H19Cl2FN6S/c1-14-11-21(29-31(14)13-17-18(24)3-2-4-19(17)25)27-22(32)26-20-9-10-30(28-20)12-15-5-7-16(23)8-6-15/h2-11H,12-13H2,1H3,(H2,26,27,28,29,32). The number of aromatic nitrogens is 4. The van der Waals surface area contributed by atoms with Crippen molar-refractivity contribution in [3.63, 3.8) is 0 Å². The highest BCUT2D eigenvalue weighted by atomic mass is 35.5. The van der Waals surface area contributed by atoms with Gasteiger partial charge in [0.15, 0.2) is 16.7 Å². The van der Waals surface area contributed by atoms with Crippen molar-refractivity contribution < 1.29 is 4.39 Å². The molecule has 32 heavy (non-hydrogen) atoms. The van der Waals surface area contributed by atoms with Gasteiger partial charge in [-0.25, -0.2) is 4.39 Å². The second kappa shape index (κ2) is 9.68. The number of halogens is 3. The summed E-state index contributed by atoms with van der Waals surface area (Å²) in [6.07, 6.45) is 1.86. The van der Waals surface area contributed by atoms with E-state index in [9.17, 15) is 4.39 Å². The summed E-state index contributed by atoms with van der Waals surface area (Å²) in [4.78, 5) is 0. The molecule has 4 rings (SSSR count). The van der Waals surface area contributed by atoms with Gasteiger partial charge in [-0.1, -0.05) is 41.4 Å². The van der Waals surface area contributed by atoms with Crippen LogP contribution in [0.2, 0.25) is 10.0 Å². The van der Waals surface area contributed by atoms with E-state index in [1.165, 1.54) is 6.07 Å². The first-order chi connectivity index (χ1) is 15.4. The van der Waals surface area contributed by atoms with Crippen molar-refractivity contribution in [3.8, 4) is 0 Å². The van der Waals surface area contributed by atoms with Crippen molar-refractivity contribution in [1.82, 2.24) is 19.6 Å². The van der Waals surface area contributed by atoms with Gasteiger partial charge in [0.25, 0.3) is 0 Å². The number of thiocarbonyl (C=S) groups is 1. The first-order valence-electron chi connectivity index (χ1n) is 9.70. The molecule has 6 nitrogen and oxygen atoms in total. The minimum atomic E-state index is -0.367. The van der Waals surface area contributed by atoms with Crippen LogP contribution in [-0.4, -0.2) is 24.7 Å². The quantitative estimate of drug-likeness (QED) is 0.339. The molecule has 0 atom stereocenters. The van der Waals surface area contributed by atoms with Crippen molar-refractivity contribution in [2.24, 2.45) is 0 Å². The van der Waals surface area contributed by atoms with Crippen molar-refractivity contribution in [3.05, 3.63) is 93.5 Å². The van der Waals surface area contributed by atoms with Crippen molar-refractivity contribution in [2.75, 3.05) is 10.6 Å². The highest BCUT2D eigenvalue weighted by Crippen LogP contribution is 2.21. The molecule has 4 aromatic rings. The molecule has 0 bridgehead atoms. The Labute approximate surface area is 200 Å². The molecule has 0 radical (unpaired) electrons. The fourth-order valence-corrected chi connectivity index (χ4v) is 3.68. The molecule has 2 N–H and O–H groups in total. The summed E-state index contributed by atoms with van der Waals surface area (Å²) < 4.78 is 17.6. The van der Waals surface area contributed by atoms with Gasteiger partial charge in [-0.05, 0) is 49.0 Å². The Bertz CT molecular complexity index is 1230. The molecule has 0 fully saturated rings. The van der Waals surface area contributed by atoms with E-state index in [-0.39, 0.29) is 12.4 Å². The van der Waals surface area contributed by atoms with Gasteiger partial charge in [0, 0.05) is 39.6 Å². The van der Waals surface area contributed by atoms with Crippen LogP contribution < -0.4 is 10.6 Å². The molecule has 0 spiro atoms. The third-order valence-corrected chi connectivity index (χ3v) is 5.54. The molecule has 0 saturated heterocycles. The van der Waals surface area contributed by atoms with E-state index >= 15 is 0 Å². The van der Waals surface area contributed by atoms with Gasteiger partial charge < -0.3 is 10.6 Å². The van der Waals surface area contributed by atoms with Crippen LogP contribution in [0.4, 0.5) is 16.0 Å². The smallest absolute Gasteiger partial charge is 0.177 e. The highest BCUT2D eigenvalue weighted by molar-refractivity contribution is 7.80. The van der Waals surface area contributed by atoms with E-state index in [0.29, 0.717) is 38.9 Å². The van der Waals surface area contributed by atoms with E-state index in [0.717, 1.165) is 11.3 Å². The SMILES string of the molecule is Cc1cc(NC(=S)Nc2ccn(Cc3ccc(Cl)cc3)n2)nn1Cc1c(F)cccc1Cl. The topological polar surface area (TPSA) is 59.7 Å². The van der Waals surface area contributed by atoms with Gasteiger partial charge in [-0.3, -0.25) is 9.36 Å². The van der Waals surface area contributed by atoms with Gasteiger partial charge in [-0.15, -0.1) is 0 Å². The molecule has 164 valence electrons. The maximum atomic E-state index is 14.1. The molecular formula is C22H19Cl2FN6S. The summed E-state index contributed by atoms with van der Waals surface area (Å²) in [5.41, 5.74) is 2.31. The Hall–Kier alpha value is -2.94. The number of hydrogen-bond acceptors (Lipinski definition) is 3. The second-order valence-electron chi connectivity index (χ2n) is 7.13. The van der Waals surface area contributed by atoms with E-state index < -0.39 is 0 Å². The Balaban J connectivity index is 1.37. The second-order valence-corrected chi connectivity index (χ2v) is 8.38. The third kappa shape index (κ3) is 5.45. The lowest BCUT2D eigenvalue weighted by Gasteiger charge is -2.08. The van der Waals surface area contributed by atoms with E-state index in [4.69, 9.17) is 35.4 Å². The first kappa shape index (κ1) is 22.3. The summed E-state index contributed by atoms with van der Waals surface area (Å²) >= 11 is 17.4. The Kier molecular flexibility index (Phi) is 6.74. The number of nitrogens with zero attached hydrogens (tertiary/aromatic N) is 4. The highest BCUT2D eigenvalue weighted by Gasteiger charge is 2.12. The average Bonchev–Trinajstić information content (AvgIpc) is 3.32. The fourth-order valence-electron chi connectivity index (χ4n) is 3.12. The molecule has 2 aromatic carbocycles. The fraction of sp³-hybridized carbons (Fsp3) is 0.136. The molecule has 0 saturated carbocycles. The normalized spacial score (nSPS) is 10.9. The van der Waals surface area contributed by atoms with Gasteiger partial charge in [-0.2, -0.15) is 10.2 Å². The molecule has 0 aliphatic carbocycles. The summed E-state index contributed by atoms with van der Waals surface area (Å²) in [5, 5.41) is 16.4. The van der Waals surface area contributed by atoms with Crippen LogP contribution in [0.15, 0.2) is 60.8 Å². The number of aryl methyl sites for hydroxylation is 1. The van der Waals surface area contributed by atoms with Crippen molar-refractivity contribution >= 4 is 52.2 Å². The maximum Gasteiger partial charge on any atom is 0.177 e. The molecule has 2 heterocycles. The molecule has 0 aliphatic rings.